The number of nitrogens with zero attached hydrogens (tertiary/aromatic N) is 1. The number of unbranched alkanes of at least 4 members (excludes halogenated alkanes) is 3. The van der Waals surface area contributed by atoms with Crippen LogP contribution in [0.2, 0.25) is 0 Å². The van der Waals surface area contributed by atoms with Crippen LogP contribution in [-0.2, 0) is 13.5 Å². The van der Waals surface area contributed by atoms with Gasteiger partial charge < -0.3 is 4.57 Å². The van der Waals surface area contributed by atoms with E-state index in [9.17, 15) is 0 Å². The summed E-state index contributed by atoms with van der Waals surface area (Å²) in [7, 11) is 2.15. The van der Waals surface area contributed by atoms with E-state index in [2.05, 4.69) is 61.1 Å². The molecule has 20 heavy (non-hydrogen) atoms. The third kappa shape index (κ3) is 2.33. The summed E-state index contributed by atoms with van der Waals surface area (Å²) in [6.07, 6.45) is 8.69. The summed E-state index contributed by atoms with van der Waals surface area (Å²) in [5, 5.41) is 4.17. The van der Waals surface area contributed by atoms with E-state index in [1.165, 1.54) is 59.3 Å². The Kier molecular flexibility index (Phi) is 3.77. The van der Waals surface area contributed by atoms with Gasteiger partial charge in [-0.3, -0.25) is 0 Å². The minimum absolute atomic E-state index is 1.20. The molecule has 3 rings (SSSR count). The lowest BCUT2D eigenvalue weighted by Gasteiger charge is -2.09. The first-order chi connectivity index (χ1) is 9.81. The summed E-state index contributed by atoms with van der Waals surface area (Å²) in [6, 6.07) is 13.4. The summed E-state index contributed by atoms with van der Waals surface area (Å²) >= 11 is 0. The molecule has 1 nitrogen and oxygen atoms in total. The molecular weight excluding hydrogens is 242 g/mol. The Balaban J connectivity index is 2.06. The molecule has 0 radical (unpaired) electrons. The number of rotatable bonds is 5. The second-order valence-corrected chi connectivity index (χ2v) is 5.76. The zero-order valence-electron chi connectivity index (χ0n) is 12.5. The van der Waals surface area contributed by atoms with Gasteiger partial charge in [-0.2, -0.15) is 0 Å². The Morgan fingerprint density at radius 1 is 0.950 bits per heavy atom. The average Bonchev–Trinajstić information content (AvgIpc) is 2.86. The minimum atomic E-state index is 1.20. The predicted molar refractivity (Wildman–Crippen MR) is 88.3 cm³/mol. The molecule has 2 aromatic carbocycles. The van der Waals surface area contributed by atoms with Crippen molar-refractivity contribution in [2.45, 2.75) is 39.0 Å². The summed E-state index contributed by atoms with van der Waals surface area (Å²) in [5.41, 5.74) is 2.89. The van der Waals surface area contributed by atoms with Crippen molar-refractivity contribution in [2.75, 3.05) is 0 Å². The minimum Gasteiger partial charge on any atom is -0.350 e. The highest BCUT2D eigenvalue weighted by molar-refractivity contribution is 6.07. The van der Waals surface area contributed by atoms with Crippen molar-refractivity contribution in [3.05, 3.63) is 48.2 Å². The van der Waals surface area contributed by atoms with Crippen LogP contribution in [0.4, 0.5) is 0 Å². The van der Waals surface area contributed by atoms with Crippen LogP contribution >= 0.6 is 0 Å². The number of benzene rings is 2. The van der Waals surface area contributed by atoms with Crippen molar-refractivity contribution < 1.29 is 0 Å². The third-order valence-corrected chi connectivity index (χ3v) is 4.26. The number of aromatic nitrogens is 1. The van der Waals surface area contributed by atoms with Crippen molar-refractivity contribution in [3.8, 4) is 0 Å². The molecule has 0 saturated carbocycles. The first kappa shape index (κ1) is 13.2. The van der Waals surface area contributed by atoms with Crippen molar-refractivity contribution in [1.29, 1.82) is 0 Å². The van der Waals surface area contributed by atoms with Gasteiger partial charge in [0.2, 0.25) is 0 Å². The standard InChI is InChI=1S/C19H23N/c1-3-4-5-6-9-16-14-15-10-7-8-11-17(15)19-18(16)12-13-20(19)2/h7-8,10-14H,3-6,9H2,1-2H3. The zero-order chi connectivity index (χ0) is 13.9. The lowest BCUT2D eigenvalue weighted by Crippen LogP contribution is -1.91. The Labute approximate surface area is 121 Å². The predicted octanol–water partition coefficient (Wildman–Crippen LogP) is 5.45. The molecule has 0 fully saturated rings. The maximum atomic E-state index is 2.39. The quantitative estimate of drug-likeness (QED) is 0.540. The van der Waals surface area contributed by atoms with E-state index < -0.39 is 0 Å². The van der Waals surface area contributed by atoms with Crippen LogP contribution < -0.4 is 0 Å². The average molecular weight is 265 g/mol. The highest BCUT2D eigenvalue weighted by Gasteiger charge is 2.09. The van der Waals surface area contributed by atoms with Gasteiger partial charge in [0.05, 0.1) is 5.52 Å². The third-order valence-electron chi connectivity index (χ3n) is 4.26. The molecule has 1 heterocycles. The molecule has 0 aliphatic heterocycles. The normalized spacial score (nSPS) is 11.5. The van der Waals surface area contributed by atoms with Crippen LogP contribution in [-0.4, -0.2) is 4.57 Å². The number of hydrogen-bond donors (Lipinski definition) is 0. The van der Waals surface area contributed by atoms with Gasteiger partial charge in [0.1, 0.15) is 0 Å². The van der Waals surface area contributed by atoms with E-state index in [0.29, 0.717) is 0 Å². The van der Waals surface area contributed by atoms with Gasteiger partial charge in [0, 0.05) is 24.0 Å². The van der Waals surface area contributed by atoms with Crippen LogP contribution in [0.25, 0.3) is 21.7 Å². The van der Waals surface area contributed by atoms with Crippen LogP contribution in [0, 0.1) is 0 Å². The first-order valence-corrected chi connectivity index (χ1v) is 7.77. The van der Waals surface area contributed by atoms with E-state index >= 15 is 0 Å². The van der Waals surface area contributed by atoms with Crippen molar-refractivity contribution in [2.24, 2.45) is 7.05 Å². The maximum absolute atomic E-state index is 2.39. The molecule has 0 unspecified atom stereocenters. The molecule has 1 heteroatoms. The molecule has 0 amide bonds. The summed E-state index contributed by atoms with van der Waals surface area (Å²) in [4.78, 5) is 0. The van der Waals surface area contributed by atoms with E-state index in [4.69, 9.17) is 0 Å². The Morgan fingerprint density at radius 2 is 1.80 bits per heavy atom. The van der Waals surface area contributed by atoms with E-state index in [1.54, 1.807) is 0 Å². The first-order valence-electron chi connectivity index (χ1n) is 7.77. The van der Waals surface area contributed by atoms with Crippen LogP contribution in [0.1, 0.15) is 38.2 Å². The molecule has 0 N–H and O–H groups in total. The molecule has 1 aromatic heterocycles. The Bertz CT molecular complexity index is 721. The van der Waals surface area contributed by atoms with Gasteiger partial charge in [0.15, 0.2) is 0 Å². The van der Waals surface area contributed by atoms with E-state index in [0.717, 1.165) is 0 Å². The molecular formula is C19H23N. The second kappa shape index (κ2) is 5.70. The van der Waals surface area contributed by atoms with E-state index in [1.807, 2.05) is 0 Å². The van der Waals surface area contributed by atoms with Crippen molar-refractivity contribution >= 4 is 21.7 Å². The molecule has 0 spiro atoms. The lowest BCUT2D eigenvalue weighted by molar-refractivity contribution is 0.668. The van der Waals surface area contributed by atoms with Gasteiger partial charge >= 0.3 is 0 Å². The zero-order valence-corrected chi connectivity index (χ0v) is 12.5. The highest BCUT2D eigenvalue weighted by Crippen LogP contribution is 2.30. The van der Waals surface area contributed by atoms with Crippen LogP contribution in [0.3, 0.4) is 0 Å². The molecule has 0 aliphatic carbocycles. The smallest absolute Gasteiger partial charge is 0.0560 e. The summed E-state index contributed by atoms with van der Waals surface area (Å²) in [5.74, 6) is 0. The van der Waals surface area contributed by atoms with Gasteiger partial charge in [-0.1, -0.05) is 56.5 Å². The molecule has 104 valence electrons. The van der Waals surface area contributed by atoms with Gasteiger partial charge in [-0.05, 0) is 29.9 Å². The van der Waals surface area contributed by atoms with Gasteiger partial charge in [-0.15, -0.1) is 0 Å². The number of aryl methyl sites for hydroxylation is 2. The Morgan fingerprint density at radius 3 is 2.65 bits per heavy atom. The van der Waals surface area contributed by atoms with Crippen LogP contribution in [0.5, 0.6) is 0 Å². The summed E-state index contributed by atoms with van der Waals surface area (Å²) < 4.78 is 2.26. The lowest BCUT2D eigenvalue weighted by atomic mass is 9.98. The SMILES string of the molecule is CCCCCCc1cc2ccccc2c2c1ccn2C. The fourth-order valence-electron chi connectivity index (χ4n) is 3.18. The molecule has 0 saturated heterocycles. The van der Waals surface area contributed by atoms with Gasteiger partial charge in [-0.25, -0.2) is 0 Å². The number of hydrogen-bond acceptors (Lipinski definition) is 0. The van der Waals surface area contributed by atoms with E-state index in [-0.39, 0.29) is 0 Å². The topological polar surface area (TPSA) is 4.93 Å². The second-order valence-electron chi connectivity index (χ2n) is 5.76. The van der Waals surface area contributed by atoms with Crippen LogP contribution in [0.15, 0.2) is 42.6 Å². The Hall–Kier alpha value is -1.76. The van der Waals surface area contributed by atoms with Crippen molar-refractivity contribution in [1.82, 2.24) is 4.57 Å². The maximum Gasteiger partial charge on any atom is 0.0560 e. The fourth-order valence-corrected chi connectivity index (χ4v) is 3.18. The monoisotopic (exact) mass is 265 g/mol. The highest BCUT2D eigenvalue weighted by atomic mass is 14.9. The molecule has 0 aliphatic rings. The summed E-state index contributed by atoms with van der Waals surface area (Å²) in [6.45, 7) is 2.27. The molecule has 3 aromatic rings. The molecule has 0 bridgehead atoms. The fraction of sp³-hybridized carbons (Fsp3) is 0.368. The van der Waals surface area contributed by atoms with Gasteiger partial charge in [0.25, 0.3) is 0 Å². The largest absolute Gasteiger partial charge is 0.350 e. The number of fused-ring (bicyclic) bond motifs is 3. The van der Waals surface area contributed by atoms with Crippen molar-refractivity contribution in [3.63, 3.8) is 0 Å². The molecule has 0 atom stereocenters.